The molecule has 0 saturated carbocycles. The standard InChI is InChI=1S/C19H25NO4/c1-18(2,3)23-16(21)15-14-10-8-7-9-13(14)11-12-20(15)17(22)24-19(4,5)6/h7-12,15H,1-6H3. The van der Waals surface area contributed by atoms with Crippen LogP contribution in [0.25, 0.3) is 6.08 Å². The van der Waals surface area contributed by atoms with Crippen LogP contribution in [-0.4, -0.2) is 28.2 Å². The number of carbonyl (C=O) groups excluding carboxylic acids is 2. The predicted molar refractivity (Wildman–Crippen MR) is 92.1 cm³/mol. The van der Waals surface area contributed by atoms with Gasteiger partial charge in [0, 0.05) is 6.20 Å². The first kappa shape index (κ1) is 18.0. The van der Waals surface area contributed by atoms with Crippen molar-refractivity contribution in [2.24, 2.45) is 0 Å². The lowest BCUT2D eigenvalue weighted by atomic mass is 9.96. The third-order valence-electron chi connectivity index (χ3n) is 3.22. The summed E-state index contributed by atoms with van der Waals surface area (Å²) >= 11 is 0. The van der Waals surface area contributed by atoms with Crippen LogP contribution >= 0.6 is 0 Å². The van der Waals surface area contributed by atoms with Crippen LogP contribution in [0.5, 0.6) is 0 Å². The van der Waals surface area contributed by atoms with Gasteiger partial charge in [0.2, 0.25) is 0 Å². The molecule has 0 fully saturated rings. The van der Waals surface area contributed by atoms with Crippen molar-refractivity contribution in [2.45, 2.75) is 58.8 Å². The molecule has 5 nitrogen and oxygen atoms in total. The molecule has 1 aliphatic rings. The molecule has 1 aliphatic heterocycles. The fraction of sp³-hybridized carbons (Fsp3) is 0.474. The number of amides is 1. The fourth-order valence-corrected chi connectivity index (χ4v) is 2.39. The van der Waals surface area contributed by atoms with Gasteiger partial charge in [0.25, 0.3) is 0 Å². The van der Waals surface area contributed by atoms with E-state index in [4.69, 9.17) is 9.47 Å². The quantitative estimate of drug-likeness (QED) is 0.720. The van der Waals surface area contributed by atoms with Crippen molar-refractivity contribution in [2.75, 3.05) is 0 Å². The number of hydrogen-bond acceptors (Lipinski definition) is 4. The molecule has 1 heterocycles. The fourth-order valence-electron chi connectivity index (χ4n) is 2.39. The van der Waals surface area contributed by atoms with Crippen molar-refractivity contribution >= 4 is 18.1 Å². The maximum absolute atomic E-state index is 12.8. The molecule has 1 atom stereocenters. The van der Waals surface area contributed by atoms with Gasteiger partial charge >= 0.3 is 12.1 Å². The van der Waals surface area contributed by atoms with Gasteiger partial charge in [-0.15, -0.1) is 0 Å². The first-order valence-electron chi connectivity index (χ1n) is 7.99. The summed E-state index contributed by atoms with van der Waals surface area (Å²) in [4.78, 5) is 26.6. The van der Waals surface area contributed by atoms with E-state index in [1.165, 1.54) is 4.90 Å². The highest BCUT2D eigenvalue weighted by Crippen LogP contribution is 2.33. The van der Waals surface area contributed by atoms with Crippen LogP contribution in [0.2, 0.25) is 0 Å². The van der Waals surface area contributed by atoms with E-state index >= 15 is 0 Å². The van der Waals surface area contributed by atoms with Crippen LogP contribution in [0.1, 0.15) is 58.7 Å². The summed E-state index contributed by atoms with van der Waals surface area (Å²) in [7, 11) is 0. The summed E-state index contributed by atoms with van der Waals surface area (Å²) < 4.78 is 11.0. The number of nitrogens with zero attached hydrogens (tertiary/aromatic N) is 1. The lowest BCUT2D eigenvalue weighted by molar-refractivity contribution is -0.160. The molecular weight excluding hydrogens is 306 g/mol. The number of fused-ring (bicyclic) bond motifs is 1. The minimum Gasteiger partial charge on any atom is -0.458 e. The summed E-state index contributed by atoms with van der Waals surface area (Å²) in [6.07, 6.45) is 2.79. The lowest BCUT2D eigenvalue weighted by Crippen LogP contribution is -2.42. The van der Waals surface area contributed by atoms with Crippen molar-refractivity contribution in [1.29, 1.82) is 0 Å². The zero-order chi connectivity index (χ0) is 18.1. The van der Waals surface area contributed by atoms with Gasteiger partial charge in [-0.2, -0.15) is 0 Å². The maximum Gasteiger partial charge on any atom is 0.415 e. The molecule has 0 radical (unpaired) electrons. The van der Waals surface area contributed by atoms with Crippen LogP contribution in [0.15, 0.2) is 30.5 Å². The van der Waals surface area contributed by atoms with Gasteiger partial charge in [-0.25, -0.2) is 9.59 Å². The zero-order valence-electron chi connectivity index (χ0n) is 15.1. The minimum absolute atomic E-state index is 0.481. The Morgan fingerprint density at radius 2 is 1.54 bits per heavy atom. The minimum atomic E-state index is -0.861. The Kier molecular flexibility index (Phi) is 4.74. The van der Waals surface area contributed by atoms with E-state index in [1.54, 1.807) is 53.8 Å². The molecule has 5 heteroatoms. The Labute approximate surface area is 143 Å². The Hall–Kier alpha value is -2.30. The molecule has 130 valence electrons. The van der Waals surface area contributed by atoms with Crippen LogP contribution in [-0.2, 0) is 14.3 Å². The van der Waals surface area contributed by atoms with Crippen LogP contribution in [0.3, 0.4) is 0 Å². The van der Waals surface area contributed by atoms with E-state index < -0.39 is 29.3 Å². The topological polar surface area (TPSA) is 55.8 Å². The second-order valence-electron chi connectivity index (χ2n) is 7.77. The average Bonchev–Trinajstić information content (AvgIpc) is 2.42. The molecule has 0 saturated heterocycles. The first-order chi connectivity index (χ1) is 11.0. The molecule has 1 aromatic rings. The van der Waals surface area contributed by atoms with E-state index in [9.17, 15) is 9.59 Å². The molecule has 1 unspecified atom stereocenters. The number of esters is 1. The van der Waals surface area contributed by atoms with Gasteiger partial charge in [-0.1, -0.05) is 24.3 Å². The van der Waals surface area contributed by atoms with E-state index in [0.29, 0.717) is 0 Å². The van der Waals surface area contributed by atoms with Crippen molar-refractivity contribution in [3.8, 4) is 0 Å². The van der Waals surface area contributed by atoms with Gasteiger partial charge in [-0.3, -0.25) is 4.90 Å². The second kappa shape index (κ2) is 6.30. The summed E-state index contributed by atoms with van der Waals surface area (Å²) in [5.74, 6) is -0.481. The van der Waals surface area contributed by atoms with E-state index in [1.807, 2.05) is 24.3 Å². The van der Waals surface area contributed by atoms with Crippen LogP contribution in [0, 0.1) is 0 Å². The lowest BCUT2D eigenvalue weighted by Gasteiger charge is -2.34. The molecule has 1 aromatic carbocycles. The van der Waals surface area contributed by atoms with Gasteiger partial charge in [-0.05, 0) is 58.7 Å². The summed E-state index contributed by atoms with van der Waals surface area (Å²) in [6.45, 7) is 10.8. The largest absolute Gasteiger partial charge is 0.458 e. The second-order valence-corrected chi connectivity index (χ2v) is 7.77. The highest BCUT2D eigenvalue weighted by molar-refractivity contribution is 5.87. The van der Waals surface area contributed by atoms with E-state index in [-0.39, 0.29) is 0 Å². The monoisotopic (exact) mass is 331 g/mol. The Bertz CT molecular complexity index is 665. The number of rotatable bonds is 1. The Morgan fingerprint density at radius 1 is 0.958 bits per heavy atom. The third kappa shape index (κ3) is 4.37. The predicted octanol–water partition coefficient (Wildman–Crippen LogP) is 4.29. The van der Waals surface area contributed by atoms with Gasteiger partial charge in [0.05, 0.1) is 0 Å². The molecule has 0 N–H and O–H groups in total. The molecule has 1 amide bonds. The molecular formula is C19H25NO4. The number of benzene rings is 1. The summed E-state index contributed by atoms with van der Waals surface area (Å²) in [5.41, 5.74) is 0.306. The highest BCUT2D eigenvalue weighted by Gasteiger charge is 2.38. The summed E-state index contributed by atoms with van der Waals surface area (Å²) in [5, 5.41) is 0. The molecule has 0 aliphatic carbocycles. The van der Waals surface area contributed by atoms with E-state index in [2.05, 4.69) is 0 Å². The third-order valence-corrected chi connectivity index (χ3v) is 3.22. The maximum atomic E-state index is 12.8. The highest BCUT2D eigenvalue weighted by atomic mass is 16.6. The van der Waals surface area contributed by atoms with Gasteiger partial charge in [0.15, 0.2) is 6.04 Å². The van der Waals surface area contributed by atoms with Crippen molar-refractivity contribution in [3.05, 3.63) is 41.6 Å². The molecule has 0 bridgehead atoms. The smallest absolute Gasteiger partial charge is 0.415 e. The normalized spacial score (nSPS) is 17.2. The number of hydrogen-bond donors (Lipinski definition) is 0. The van der Waals surface area contributed by atoms with Gasteiger partial charge < -0.3 is 9.47 Å². The van der Waals surface area contributed by atoms with Gasteiger partial charge in [0.1, 0.15) is 11.2 Å². The van der Waals surface area contributed by atoms with E-state index in [0.717, 1.165) is 11.1 Å². The van der Waals surface area contributed by atoms with Crippen molar-refractivity contribution in [1.82, 2.24) is 4.90 Å². The first-order valence-corrected chi connectivity index (χ1v) is 7.99. The van der Waals surface area contributed by atoms with Crippen molar-refractivity contribution < 1.29 is 19.1 Å². The number of ether oxygens (including phenoxy) is 2. The zero-order valence-corrected chi connectivity index (χ0v) is 15.1. The van der Waals surface area contributed by atoms with Crippen LogP contribution in [0.4, 0.5) is 4.79 Å². The Balaban J connectivity index is 2.39. The average molecular weight is 331 g/mol. The molecule has 24 heavy (non-hydrogen) atoms. The Morgan fingerprint density at radius 3 is 2.12 bits per heavy atom. The molecule has 0 spiro atoms. The van der Waals surface area contributed by atoms with Crippen LogP contribution < -0.4 is 0 Å². The SMILES string of the molecule is CC(C)(C)OC(=O)C1c2ccccc2C=CN1C(=O)OC(C)(C)C. The van der Waals surface area contributed by atoms with Crippen molar-refractivity contribution in [3.63, 3.8) is 0 Å². The molecule has 2 rings (SSSR count). The molecule has 0 aromatic heterocycles. The number of carbonyl (C=O) groups is 2. The summed E-state index contributed by atoms with van der Waals surface area (Å²) in [6, 6.07) is 6.59.